The van der Waals surface area contributed by atoms with Gasteiger partial charge in [-0.1, -0.05) is 13.8 Å². The first kappa shape index (κ1) is 14.7. The maximum absolute atomic E-state index is 5.53. The van der Waals surface area contributed by atoms with E-state index in [-0.39, 0.29) is 0 Å². The van der Waals surface area contributed by atoms with E-state index in [4.69, 9.17) is 4.74 Å². The van der Waals surface area contributed by atoms with Gasteiger partial charge < -0.3 is 10.1 Å². The smallest absolute Gasteiger partial charge is 0.0710 e. The quantitative estimate of drug-likeness (QED) is 0.725. The van der Waals surface area contributed by atoms with E-state index in [0.717, 1.165) is 43.1 Å². The normalized spacial score (nSPS) is 11.2. The van der Waals surface area contributed by atoms with Crippen molar-refractivity contribution in [3.8, 4) is 11.3 Å². The number of nitrogens with zero attached hydrogens (tertiary/aromatic N) is 2. The molecule has 108 valence electrons. The van der Waals surface area contributed by atoms with E-state index in [0.29, 0.717) is 5.92 Å². The van der Waals surface area contributed by atoms with Crippen molar-refractivity contribution in [3.05, 3.63) is 36.3 Å². The average Bonchev–Trinajstić information content (AvgIpc) is 2.92. The summed E-state index contributed by atoms with van der Waals surface area (Å²) < 4.78 is 5.53. The summed E-state index contributed by atoms with van der Waals surface area (Å²) in [5.74, 6) is 0.584. The second-order valence-corrected chi connectivity index (χ2v) is 5.16. The molecule has 0 atom stereocenters. The Hall–Kier alpha value is -1.72. The van der Waals surface area contributed by atoms with Gasteiger partial charge in [0, 0.05) is 43.2 Å². The Morgan fingerprint density at radius 1 is 1.35 bits per heavy atom. The SMILES string of the molecule is CC(C)COCCNCc1cn[nH]c1-c1cccnc1. The van der Waals surface area contributed by atoms with Crippen LogP contribution < -0.4 is 5.32 Å². The first-order chi connectivity index (χ1) is 9.77. The highest BCUT2D eigenvalue weighted by Gasteiger charge is 2.06. The van der Waals surface area contributed by atoms with Gasteiger partial charge in [-0.2, -0.15) is 5.10 Å². The number of nitrogens with one attached hydrogen (secondary N) is 2. The number of pyridine rings is 1. The van der Waals surface area contributed by atoms with Crippen LogP contribution in [-0.4, -0.2) is 34.9 Å². The van der Waals surface area contributed by atoms with Gasteiger partial charge in [0.2, 0.25) is 0 Å². The molecule has 2 heterocycles. The Bertz CT molecular complexity index is 496. The summed E-state index contributed by atoms with van der Waals surface area (Å²) in [6.45, 7) is 7.46. The number of hydrogen-bond donors (Lipinski definition) is 2. The third kappa shape index (κ3) is 4.43. The minimum atomic E-state index is 0.584. The van der Waals surface area contributed by atoms with Gasteiger partial charge in [-0.25, -0.2) is 0 Å². The highest BCUT2D eigenvalue weighted by Crippen LogP contribution is 2.19. The number of ether oxygens (including phenoxy) is 1. The molecule has 5 nitrogen and oxygen atoms in total. The van der Waals surface area contributed by atoms with Gasteiger partial charge in [0.1, 0.15) is 0 Å². The molecule has 0 aliphatic rings. The van der Waals surface area contributed by atoms with Crippen molar-refractivity contribution < 1.29 is 4.74 Å². The molecule has 2 N–H and O–H groups in total. The predicted molar refractivity (Wildman–Crippen MR) is 79.2 cm³/mol. The highest BCUT2D eigenvalue weighted by molar-refractivity contribution is 5.61. The summed E-state index contributed by atoms with van der Waals surface area (Å²) in [6, 6.07) is 3.95. The lowest BCUT2D eigenvalue weighted by atomic mass is 10.1. The van der Waals surface area contributed by atoms with Crippen molar-refractivity contribution >= 4 is 0 Å². The van der Waals surface area contributed by atoms with Crippen molar-refractivity contribution in [1.29, 1.82) is 0 Å². The van der Waals surface area contributed by atoms with Gasteiger partial charge in [0.05, 0.1) is 18.5 Å². The monoisotopic (exact) mass is 274 g/mol. The maximum atomic E-state index is 5.53. The summed E-state index contributed by atoms with van der Waals surface area (Å²) in [5, 5.41) is 10.5. The van der Waals surface area contributed by atoms with Crippen LogP contribution in [0.5, 0.6) is 0 Å². The van der Waals surface area contributed by atoms with Gasteiger partial charge in [-0.15, -0.1) is 0 Å². The first-order valence-corrected chi connectivity index (χ1v) is 6.98. The van der Waals surface area contributed by atoms with E-state index >= 15 is 0 Å². The molecule has 0 radical (unpaired) electrons. The van der Waals surface area contributed by atoms with Crippen LogP contribution in [0.4, 0.5) is 0 Å². The van der Waals surface area contributed by atoms with Crippen LogP contribution in [0.25, 0.3) is 11.3 Å². The van der Waals surface area contributed by atoms with Crippen molar-refractivity contribution in [3.63, 3.8) is 0 Å². The van der Waals surface area contributed by atoms with Gasteiger partial charge in [-0.3, -0.25) is 10.1 Å². The average molecular weight is 274 g/mol. The van der Waals surface area contributed by atoms with E-state index < -0.39 is 0 Å². The molecule has 0 fully saturated rings. The second kappa shape index (κ2) is 7.77. The molecule has 0 spiro atoms. The van der Waals surface area contributed by atoms with E-state index in [1.54, 1.807) is 6.20 Å². The Kier molecular flexibility index (Phi) is 5.70. The van der Waals surface area contributed by atoms with Crippen LogP contribution >= 0.6 is 0 Å². The molecule has 0 amide bonds. The van der Waals surface area contributed by atoms with Gasteiger partial charge >= 0.3 is 0 Å². The van der Waals surface area contributed by atoms with E-state index in [9.17, 15) is 0 Å². The zero-order chi connectivity index (χ0) is 14.2. The van der Waals surface area contributed by atoms with Gasteiger partial charge in [-0.05, 0) is 18.1 Å². The molecule has 0 aromatic carbocycles. The first-order valence-electron chi connectivity index (χ1n) is 6.98. The molecular weight excluding hydrogens is 252 g/mol. The number of rotatable bonds is 8. The third-order valence-corrected chi connectivity index (χ3v) is 2.86. The molecule has 0 aliphatic carbocycles. The van der Waals surface area contributed by atoms with Crippen LogP contribution in [0.15, 0.2) is 30.7 Å². The van der Waals surface area contributed by atoms with Crippen molar-refractivity contribution in [2.75, 3.05) is 19.8 Å². The Balaban J connectivity index is 1.78. The second-order valence-electron chi connectivity index (χ2n) is 5.16. The van der Waals surface area contributed by atoms with Crippen LogP contribution in [-0.2, 0) is 11.3 Å². The fraction of sp³-hybridized carbons (Fsp3) is 0.467. The summed E-state index contributed by atoms with van der Waals surface area (Å²) in [5.41, 5.74) is 3.22. The summed E-state index contributed by atoms with van der Waals surface area (Å²) in [6.07, 6.45) is 5.46. The molecule has 0 saturated carbocycles. The lowest BCUT2D eigenvalue weighted by Gasteiger charge is -2.08. The van der Waals surface area contributed by atoms with Gasteiger partial charge in [0.25, 0.3) is 0 Å². The molecule has 2 aromatic heterocycles. The maximum Gasteiger partial charge on any atom is 0.0710 e. The molecule has 0 aliphatic heterocycles. The Morgan fingerprint density at radius 2 is 2.25 bits per heavy atom. The minimum absolute atomic E-state index is 0.584. The van der Waals surface area contributed by atoms with Crippen molar-refractivity contribution in [2.24, 2.45) is 5.92 Å². The summed E-state index contributed by atoms with van der Waals surface area (Å²) >= 11 is 0. The zero-order valence-corrected chi connectivity index (χ0v) is 12.1. The molecule has 2 aromatic rings. The molecule has 0 bridgehead atoms. The Morgan fingerprint density at radius 3 is 3.00 bits per heavy atom. The van der Waals surface area contributed by atoms with E-state index in [1.807, 2.05) is 24.5 Å². The van der Waals surface area contributed by atoms with Crippen LogP contribution in [0, 0.1) is 5.92 Å². The minimum Gasteiger partial charge on any atom is -0.380 e. The molecule has 5 heteroatoms. The summed E-state index contributed by atoms with van der Waals surface area (Å²) in [7, 11) is 0. The Labute approximate surface area is 119 Å². The molecule has 0 unspecified atom stereocenters. The molecule has 2 rings (SSSR count). The van der Waals surface area contributed by atoms with Crippen LogP contribution in [0.3, 0.4) is 0 Å². The standard InChI is InChI=1S/C15H22N4O/c1-12(2)11-20-7-6-17-9-14-10-18-19-15(14)13-4-3-5-16-8-13/h3-5,8,10,12,17H,6-7,9,11H2,1-2H3,(H,18,19). The number of hydrogen-bond acceptors (Lipinski definition) is 4. The summed E-state index contributed by atoms with van der Waals surface area (Å²) in [4.78, 5) is 4.13. The number of aromatic amines is 1. The van der Waals surface area contributed by atoms with E-state index in [1.165, 1.54) is 0 Å². The van der Waals surface area contributed by atoms with Crippen LogP contribution in [0.2, 0.25) is 0 Å². The molecular formula is C15H22N4O. The topological polar surface area (TPSA) is 62.8 Å². The molecule has 0 saturated heterocycles. The van der Waals surface area contributed by atoms with Crippen LogP contribution in [0.1, 0.15) is 19.4 Å². The van der Waals surface area contributed by atoms with Crippen molar-refractivity contribution in [1.82, 2.24) is 20.5 Å². The number of H-pyrrole nitrogens is 1. The lowest BCUT2D eigenvalue weighted by molar-refractivity contribution is 0.111. The fourth-order valence-corrected chi connectivity index (χ4v) is 1.89. The predicted octanol–water partition coefficient (Wildman–Crippen LogP) is 2.23. The lowest BCUT2D eigenvalue weighted by Crippen LogP contribution is -2.20. The van der Waals surface area contributed by atoms with Gasteiger partial charge in [0.15, 0.2) is 0 Å². The highest BCUT2D eigenvalue weighted by atomic mass is 16.5. The largest absolute Gasteiger partial charge is 0.380 e. The molecule has 20 heavy (non-hydrogen) atoms. The zero-order valence-electron chi connectivity index (χ0n) is 12.1. The number of aromatic nitrogens is 3. The fourth-order valence-electron chi connectivity index (χ4n) is 1.89. The third-order valence-electron chi connectivity index (χ3n) is 2.86. The van der Waals surface area contributed by atoms with Crippen molar-refractivity contribution in [2.45, 2.75) is 20.4 Å². The van der Waals surface area contributed by atoms with E-state index in [2.05, 4.69) is 34.3 Å².